The summed E-state index contributed by atoms with van der Waals surface area (Å²) >= 11 is 1.57. The molecule has 1 aromatic heterocycles. The highest BCUT2D eigenvalue weighted by Gasteiger charge is 2.14. The Morgan fingerprint density at radius 3 is 2.79 bits per heavy atom. The summed E-state index contributed by atoms with van der Waals surface area (Å²) in [6, 6.07) is 0. The SMILES string of the molecule is O=C(O)CCN(CCN1CCCCC1)c1nccs1. The van der Waals surface area contributed by atoms with Crippen molar-refractivity contribution >= 4 is 22.4 Å². The van der Waals surface area contributed by atoms with Crippen molar-refractivity contribution in [2.45, 2.75) is 25.7 Å². The van der Waals surface area contributed by atoms with Gasteiger partial charge in [-0.3, -0.25) is 4.79 Å². The highest BCUT2D eigenvalue weighted by Crippen LogP contribution is 2.18. The smallest absolute Gasteiger partial charge is 0.305 e. The molecule has 2 heterocycles. The molecule has 0 spiro atoms. The summed E-state index contributed by atoms with van der Waals surface area (Å²) in [5.41, 5.74) is 0. The lowest BCUT2D eigenvalue weighted by Crippen LogP contribution is -2.38. The van der Waals surface area contributed by atoms with Gasteiger partial charge >= 0.3 is 5.97 Å². The third kappa shape index (κ3) is 4.80. The number of thiazole rings is 1. The van der Waals surface area contributed by atoms with Crippen molar-refractivity contribution in [1.82, 2.24) is 9.88 Å². The molecule has 0 atom stereocenters. The summed E-state index contributed by atoms with van der Waals surface area (Å²) in [4.78, 5) is 19.6. The molecular formula is C13H21N3O2S. The van der Waals surface area contributed by atoms with Crippen molar-refractivity contribution in [3.63, 3.8) is 0 Å². The van der Waals surface area contributed by atoms with E-state index in [0.717, 1.165) is 18.2 Å². The largest absolute Gasteiger partial charge is 0.481 e. The second kappa shape index (κ2) is 7.45. The number of aromatic nitrogens is 1. The zero-order chi connectivity index (χ0) is 13.5. The van der Waals surface area contributed by atoms with Gasteiger partial charge < -0.3 is 14.9 Å². The molecule has 0 bridgehead atoms. The lowest BCUT2D eigenvalue weighted by Gasteiger charge is -2.29. The molecule has 0 radical (unpaired) electrons. The minimum absolute atomic E-state index is 0.166. The molecule has 0 saturated carbocycles. The molecule has 1 N–H and O–H groups in total. The van der Waals surface area contributed by atoms with E-state index in [4.69, 9.17) is 5.11 Å². The first kappa shape index (κ1) is 14.3. The van der Waals surface area contributed by atoms with Gasteiger partial charge in [-0.05, 0) is 25.9 Å². The average Bonchev–Trinajstić information content (AvgIpc) is 2.93. The number of rotatable bonds is 7. The van der Waals surface area contributed by atoms with Crippen LogP contribution in [0.2, 0.25) is 0 Å². The number of hydrogen-bond donors (Lipinski definition) is 1. The van der Waals surface area contributed by atoms with Crippen molar-refractivity contribution in [2.75, 3.05) is 37.6 Å². The van der Waals surface area contributed by atoms with E-state index >= 15 is 0 Å². The van der Waals surface area contributed by atoms with E-state index in [2.05, 4.69) is 14.8 Å². The van der Waals surface area contributed by atoms with Crippen LogP contribution in [0.15, 0.2) is 11.6 Å². The van der Waals surface area contributed by atoms with Crippen LogP contribution in [0.25, 0.3) is 0 Å². The minimum Gasteiger partial charge on any atom is -0.481 e. The van der Waals surface area contributed by atoms with Crippen LogP contribution in [0.4, 0.5) is 5.13 Å². The lowest BCUT2D eigenvalue weighted by molar-refractivity contribution is -0.136. The highest BCUT2D eigenvalue weighted by atomic mass is 32.1. The van der Waals surface area contributed by atoms with E-state index in [1.54, 1.807) is 17.5 Å². The summed E-state index contributed by atoms with van der Waals surface area (Å²) in [6.07, 6.45) is 5.85. The fraction of sp³-hybridized carbons (Fsp3) is 0.692. The van der Waals surface area contributed by atoms with E-state index in [1.807, 2.05) is 5.38 Å². The maximum Gasteiger partial charge on any atom is 0.305 e. The molecule has 1 saturated heterocycles. The number of carbonyl (C=O) groups is 1. The molecule has 106 valence electrons. The van der Waals surface area contributed by atoms with Crippen molar-refractivity contribution in [3.8, 4) is 0 Å². The van der Waals surface area contributed by atoms with Gasteiger partial charge in [-0.25, -0.2) is 4.98 Å². The summed E-state index contributed by atoms with van der Waals surface area (Å²) in [5, 5.41) is 11.7. The number of hydrogen-bond acceptors (Lipinski definition) is 5. The molecule has 5 nitrogen and oxygen atoms in total. The molecule has 1 fully saturated rings. The number of piperidine rings is 1. The number of aliphatic carboxylic acids is 1. The normalized spacial score (nSPS) is 16.4. The molecule has 1 aliphatic rings. The van der Waals surface area contributed by atoms with E-state index in [-0.39, 0.29) is 6.42 Å². The van der Waals surface area contributed by atoms with Gasteiger partial charge in [0.05, 0.1) is 6.42 Å². The van der Waals surface area contributed by atoms with Crippen molar-refractivity contribution in [1.29, 1.82) is 0 Å². The summed E-state index contributed by atoms with van der Waals surface area (Å²) < 4.78 is 0. The molecule has 1 aliphatic heterocycles. The third-order valence-electron chi connectivity index (χ3n) is 3.42. The van der Waals surface area contributed by atoms with Crippen LogP contribution in [0.3, 0.4) is 0 Å². The molecule has 1 aromatic rings. The van der Waals surface area contributed by atoms with Gasteiger partial charge in [0.25, 0.3) is 0 Å². The van der Waals surface area contributed by atoms with Crippen LogP contribution in [0.5, 0.6) is 0 Å². The molecule has 2 rings (SSSR count). The Hall–Kier alpha value is -1.14. The molecule has 6 heteroatoms. The predicted octanol–water partition coefficient (Wildman–Crippen LogP) is 1.91. The molecule has 19 heavy (non-hydrogen) atoms. The number of nitrogens with zero attached hydrogens (tertiary/aromatic N) is 3. The number of carboxylic acids is 1. The second-order valence-electron chi connectivity index (χ2n) is 4.85. The Kier molecular flexibility index (Phi) is 5.60. The average molecular weight is 283 g/mol. The standard InChI is InChI=1S/C13H21N3O2S/c17-12(18)4-8-16(13-14-5-11-19-13)10-9-15-6-2-1-3-7-15/h5,11H,1-4,6-10H2,(H,17,18). The Morgan fingerprint density at radius 2 is 2.16 bits per heavy atom. The monoisotopic (exact) mass is 283 g/mol. The first-order valence-corrected chi connectivity index (χ1v) is 7.72. The van der Waals surface area contributed by atoms with Crippen LogP contribution in [-0.4, -0.2) is 53.7 Å². The lowest BCUT2D eigenvalue weighted by atomic mass is 10.1. The van der Waals surface area contributed by atoms with Crippen molar-refractivity contribution in [2.24, 2.45) is 0 Å². The zero-order valence-electron chi connectivity index (χ0n) is 11.1. The van der Waals surface area contributed by atoms with E-state index in [9.17, 15) is 4.79 Å². The number of anilines is 1. The van der Waals surface area contributed by atoms with Gasteiger partial charge in [-0.15, -0.1) is 11.3 Å². The summed E-state index contributed by atoms with van der Waals surface area (Å²) in [6.45, 7) is 4.74. The van der Waals surface area contributed by atoms with Gasteiger partial charge in [0.15, 0.2) is 5.13 Å². The topological polar surface area (TPSA) is 56.7 Å². The third-order valence-corrected chi connectivity index (χ3v) is 4.25. The number of likely N-dealkylation sites (tertiary alicyclic amines) is 1. The van der Waals surface area contributed by atoms with E-state index < -0.39 is 5.97 Å². The molecule has 0 amide bonds. The van der Waals surface area contributed by atoms with Gasteiger partial charge in [-0.2, -0.15) is 0 Å². The van der Waals surface area contributed by atoms with E-state index in [0.29, 0.717) is 6.54 Å². The predicted molar refractivity (Wildman–Crippen MR) is 76.9 cm³/mol. The van der Waals surface area contributed by atoms with Gasteiger partial charge in [0.2, 0.25) is 0 Å². The van der Waals surface area contributed by atoms with Crippen molar-refractivity contribution in [3.05, 3.63) is 11.6 Å². The van der Waals surface area contributed by atoms with Crippen molar-refractivity contribution < 1.29 is 9.90 Å². The molecular weight excluding hydrogens is 262 g/mol. The summed E-state index contributed by atoms with van der Waals surface area (Å²) in [5.74, 6) is -0.750. The fourth-order valence-corrected chi connectivity index (χ4v) is 3.05. The van der Waals surface area contributed by atoms with Gasteiger partial charge in [-0.1, -0.05) is 6.42 Å². The van der Waals surface area contributed by atoms with Gasteiger partial charge in [0.1, 0.15) is 0 Å². The highest BCUT2D eigenvalue weighted by molar-refractivity contribution is 7.13. The van der Waals surface area contributed by atoms with Gasteiger partial charge in [0, 0.05) is 31.2 Å². The zero-order valence-corrected chi connectivity index (χ0v) is 11.9. The molecule has 0 unspecified atom stereocenters. The van der Waals surface area contributed by atoms with Crippen LogP contribution >= 0.6 is 11.3 Å². The first-order chi connectivity index (χ1) is 9.25. The maximum atomic E-state index is 10.7. The summed E-state index contributed by atoms with van der Waals surface area (Å²) in [7, 11) is 0. The fourth-order valence-electron chi connectivity index (χ4n) is 2.35. The molecule has 0 aliphatic carbocycles. The van der Waals surface area contributed by atoms with Crippen LogP contribution in [-0.2, 0) is 4.79 Å². The quantitative estimate of drug-likeness (QED) is 0.828. The first-order valence-electron chi connectivity index (χ1n) is 6.84. The Morgan fingerprint density at radius 1 is 1.37 bits per heavy atom. The Bertz CT molecular complexity index is 377. The van der Waals surface area contributed by atoms with E-state index in [1.165, 1.54) is 32.4 Å². The minimum atomic E-state index is -0.750. The number of carboxylic acid groups (broad SMARTS) is 1. The maximum absolute atomic E-state index is 10.7. The molecule has 0 aromatic carbocycles. The van der Waals surface area contributed by atoms with Crippen LogP contribution < -0.4 is 4.90 Å². The second-order valence-corrected chi connectivity index (χ2v) is 5.72. The van der Waals surface area contributed by atoms with Crippen LogP contribution in [0.1, 0.15) is 25.7 Å². The van der Waals surface area contributed by atoms with Crippen LogP contribution in [0, 0.1) is 0 Å². The Labute approximate surface area is 117 Å². The Balaban J connectivity index is 1.84.